The van der Waals surface area contributed by atoms with E-state index in [2.05, 4.69) is 50.5 Å². The van der Waals surface area contributed by atoms with Gasteiger partial charge in [-0.25, -0.2) is 0 Å². The Hall–Kier alpha value is -3.18. The Labute approximate surface area is 229 Å². The molecule has 0 aromatic heterocycles. The lowest BCUT2D eigenvalue weighted by Gasteiger charge is -2.12. The molecule has 10 heteroatoms. The third-order valence-corrected chi connectivity index (χ3v) is 6.42. The quantitative estimate of drug-likeness (QED) is 0.102. The molecule has 0 aliphatic carbocycles. The number of nitriles is 1. The number of benzene rings is 3. The van der Waals surface area contributed by atoms with Crippen LogP contribution in [-0.2, 0) is 17.9 Å². The van der Waals surface area contributed by atoms with Crippen molar-refractivity contribution in [3.05, 3.63) is 100 Å². The van der Waals surface area contributed by atoms with Crippen LogP contribution in [0.5, 0.6) is 11.5 Å². The molecule has 35 heavy (non-hydrogen) atoms. The van der Waals surface area contributed by atoms with Crippen LogP contribution in [0.1, 0.15) is 16.7 Å². The highest BCUT2D eigenvalue weighted by Crippen LogP contribution is 2.31. The van der Waals surface area contributed by atoms with Gasteiger partial charge in [-0.1, -0.05) is 24.3 Å². The second-order valence-electron chi connectivity index (χ2n) is 7.23. The second-order valence-corrected chi connectivity index (χ2v) is 9.55. The highest BCUT2D eigenvalue weighted by Gasteiger charge is 2.13. The molecule has 3 rings (SSSR count). The van der Waals surface area contributed by atoms with Gasteiger partial charge in [0.2, 0.25) is 0 Å². The number of hydrogen-bond acceptors (Lipinski definition) is 6. The van der Waals surface area contributed by atoms with Crippen LogP contribution in [-0.4, -0.2) is 17.9 Å². The molecule has 0 heterocycles. The molecule has 0 radical (unpaired) electrons. The molecule has 0 atom stereocenters. The SMILES string of the molecule is COc1ccc(CNC(=O)/C(C#N)=C\c2cc(I)c(OCc3cccc([N+](=O)[O-])c3)c(I)c2)cc1. The van der Waals surface area contributed by atoms with E-state index in [9.17, 15) is 20.2 Å². The maximum atomic E-state index is 12.5. The Morgan fingerprint density at radius 1 is 1.11 bits per heavy atom. The molecule has 0 aliphatic heterocycles. The molecule has 0 spiro atoms. The summed E-state index contributed by atoms with van der Waals surface area (Å²) in [4.78, 5) is 23.1. The average molecular weight is 695 g/mol. The van der Waals surface area contributed by atoms with Gasteiger partial charge in [0.1, 0.15) is 29.7 Å². The number of carbonyl (C=O) groups is 1. The van der Waals surface area contributed by atoms with Gasteiger partial charge in [-0.05, 0) is 92.2 Å². The number of nitrogens with one attached hydrogen (secondary N) is 1. The average Bonchev–Trinajstić information content (AvgIpc) is 2.85. The van der Waals surface area contributed by atoms with E-state index in [1.807, 2.05) is 18.2 Å². The summed E-state index contributed by atoms with van der Waals surface area (Å²) < 4.78 is 12.6. The summed E-state index contributed by atoms with van der Waals surface area (Å²) in [5, 5.41) is 23.2. The smallest absolute Gasteiger partial charge is 0.269 e. The predicted molar refractivity (Wildman–Crippen MR) is 148 cm³/mol. The maximum Gasteiger partial charge on any atom is 0.269 e. The fourth-order valence-electron chi connectivity index (χ4n) is 3.05. The highest BCUT2D eigenvalue weighted by atomic mass is 127. The van der Waals surface area contributed by atoms with E-state index >= 15 is 0 Å². The van der Waals surface area contributed by atoms with Crippen molar-refractivity contribution < 1.29 is 19.2 Å². The molecule has 1 N–H and O–H groups in total. The normalized spacial score (nSPS) is 10.9. The minimum Gasteiger partial charge on any atom is -0.497 e. The molecular weight excluding hydrogens is 676 g/mol. The fraction of sp³-hybridized carbons (Fsp3) is 0.120. The first kappa shape index (κ1) is 26.4. The molecule has 178 valence electrons. The van der Waals surface area contributed by atoms with Crippen molar-refractivity contribution in [2.75, 3.05) is 7.11 Å². The Bertz CT molecular complexity index is 1290. The first-order chi connectivity index (χ1) is 16.8. The van der Waals surface area contributed by atoms with Gasteiger partial charge in [0.15, 0.2) is 0 Å². The predicted octanol–water partition coefficient (Wildman–Crippen LogP) is 5.61. The standard InChI is InChI=1S/C25H19I2N3O5/c1-34-21-7-5-16(6-8-21)14-29-25(31)19(13-28)9-18-11-22(26)24(23(27)12-18)35-15-17-3-2-4-20(10-17)30(32)33/h2-12H,14-15H2,1H3,(H,29,31)/b19-9-. The third kappa shape index (κ3) is 7.40. The van der Waals surface area contributed by atoms with Crippen LogP contribution in [0.25, 0.3) is 6.08 Å². The van der Waals surface area contributed by atoms with Gasteiger partial charge in [-0.15, -0.1) is 0 Å². The molecular formula is C25H19I2N3O5. The largest absolute Gasteiger partial charge is 0.497 e. The number of ether oxygens (including phenoxy) is 2. The molecule has 1 amide bonds. The molecule has 3 aromatic carbocycles. The van der Waals surface area contributed by atoms with Gasteiger partial charge in [0.05, 0.1) is 19.2 Å². The van der Waals surface area contributed by atoms with E-state index in [1.165, 1.54) is 18.2 Å². The van der Waals surface area contributed by atoms with Crippen LogP contribution in [0.15, 0.2) is 66.2 Å². The number of halogens is 2. The van der Waals surface area contributed by atoms with Gasteiger partial charge in [-0.2, -0.15) is 5.26 Å². The molecule has 8 nitrogen and oxygen atoms in total. The summed E-state index contributed by atoms with van der Waals surface area (Å²) in [5.41, 5.74) is 2.22. The van der Waals surface area contributed by atoms with Crippen LogP contribution in [0.4, 0.5) is 5.69 Å². The first-order valence-electron chi connectivity index (χ1n) is 10.2. The number of carbonyl (C=O) groups excluding carboxylic acids is 1. The van der Waals surface area contributed by atoms with Crippen LogP contribution < -0.4 is 14.8 Å². The van der Waals surface area contributed by atoms with Gasteiger partial charge < -0.3 is 14.8 Å². The van der Waals surface area contributed by atoms with E-state index in [4.69, 9.17) is 9.47 Å². The second kappa shape index (κ2) is 12.5. The minimum absolute atomic E-state index is 0.00489. The van der Waals surface area contributed by atoms with E-state index in [0.717, 1.165) is 18.5 Å². The molecule has 0 saturated heterocycles. The van der Waals surface area contributed by atoms with Gasteiger partial charge in [0, 0.05) is 18.7 Å². The Morgan fingerprint density at radius 3 is 2.40 bits per heavy atom. The van der Waals surface area contributed by atoms with E-state index < -0.39 is 10.8 Å². The van der Waals surface area contributed by atoms with Gasteiger partial charge in [-0.3, -0.25) is 14.9 Å². The molecule has 0 fully saturated rings. The van der Waals surface area contributed by atoms with Crippen molar-refractivity contribution in [2.45, 2.75) is 13.2 Å². The highest BCUT2D eigenvalue weighted by molar-refractivity contribution is 14.1. The van der Waals surface area contributed by atoms with Crippen LogP contribution in [0, 0.1) is 28.6 Å². The van der Waals surface area contributed by atoms with E-state index in [0.29, 0.717) is 16.9 Å². The van der Waals surface area contributed by atoms with Gasteiger partial charge >= 0.3 is 0 Å². The molecule has 3 aromatic rings. The summed E-state index contributed by atoms with van der Waals surface area (Å²) in [7, 11) is 1.58. The number of amides is 1. The first-order valence-corrected chi connectivity index (χ1v) is 12.3. The minimum atomic E-state index is -0.473. The molecule has 0 unspecified atom stereocenters. The lowest BCUT2D eigenvalue weighted by molar-refractivity contribution is -0.384. The van der Waals surface area contributed by atoms with E-state index in [1.54, 1.807) is 43.5 Å². The summed E-state index contributed by atoms with van der Waals surface area (Å²) in [6.45, 7) is 0.446. The topological polar surface area (TPSA) is 114 Å². The van der Waals surface area contributed by atoms with Crippen molar-refractivity contribution in [1.29, 1.82) is 5.26 Å². The molecule has 0 saturated carbocycles. The van der Waals surface area contributed by atoms with Crippen molar-refractivity contribution in [3.63, 3.8) is 0 Å². The summed E-state index contributed by atoms with van der Waals surface area (Å²) in [6.07, 6.45) is 1.53. The van der Waals surface area contributed by atoms with Crippen LogP contribution >= 0.6 is 45.2 Å². The summed E-state index contributed by atoms with van der Waals surface area (Å²) in [6, 6.07) is 19.1. The van der Waals surface area contributed by atoms with Crippen molar-refractivity contribution in [1.82, 2.24) is 5.32 Å². The number of non-ortho nitro benzene ring substituents is 1. The number of hydrogen-bond donors (Lipinski definition) is 1. The zero-order valence-corrected chi connectivity index (χ0v) is 22.8. The van der Waals surface area contributed by atoms with E-state index in [-0.39, 0.29) is 24.4 Å². The van der Waals surface area contributed by atoms with Crippen molar-refractivity contribution in [3.8, 4) is 17.6 Å². The lowest BCUT2D eigenvalue weighted by Crippen LogP contribution is -2.23. The van der Waals surface area contributed by atoms with Gasteiger partial charge in [0.25, 0.3) is 11.6 Å². The Morgan fingerprint density at radius 2 is 1.80 bits per heavy atom. The molecule has 0 bridgehead atoms. The number of rotatable bonds is 9. The number of methoxy groups -OCH3 is 1. The summed E-state index contributed by atoms with van der Waals surface area (Å²) in [5.74, 6) is 0.871. The Kier molecular flexibility index (Phi) is 9.44. The number of nitro groups is 1. The fourth-order valence-corrected chi connectivity index (χ4v) is 5.18. The lowest BCUT2D eigenvalue weighted by atomic mass is 10.1. The van der Waals surface area contributed by atoms with Crippen molar-refractivity contribution in [2.24, 2.45) is 0 Å². The number of nitro benzene ring substituents is 1. The summed E-state index contributed by atoms with van der Waals surface area (Å²) >= 11 is 4.23. The monoisotopic (exact) mass is 695 g/mol. The van der Waals surface area contributed by atoms with Crippen molar-refractivity contribution >= 4 is 62.9 Å². The zero-order chi connectivity index (χ0) is 25.4. The van der Waals surface area contributed by atoms with Crippen LogP contribution in [0.2, 0.25) is 0 Å². The maximum absolute atomic E-state index is 12.5. The number of nitrogens with zero attached hydrogens (tertiary/aromatic N) is 2. The third-order valence-electron chi connectivity index (χ3n) is 4.81. The zero-order valence-electron chi connectivity index (χ0n) is 18.5. The Balaban J connectivity index is 1.69. The molecule has 0 aliphatic rings. The van der Waals surface area contributed by atoms with Crippen LogP contribution in [0.3, 0.4) is 0 Å².